The minimum Gasteiger partial charge on any atom is -0.369 e. The Labute approximate surface area is 135 Å². The van der Waals surface area contributed by atoms with Gasteiger partial charge >= 0.3 is 0 Å². The summed E-state index contributed by atoms with van der Waals surface area (Å²) in [5, 5.41) is 12.7. The Balaban J connectivity index is 2.05. The lowest BCUT2D eigenvalue weighted by molar-refractivity contribution is -0.128. The zero-order valence-corrected chi connectivity index (χ0v) is 14.0. The Morgan fingerprint density at radius 2 is 2.26 bits per heavy atom. The van der Waals surface area contributed by atoms with E-state index in [1.165, 1.54) is 0 Å². The molecule has 0 aromatic carbocycles. The van der Waals surface area contributed by atoms with Crippen molar-refractivity contribution in [3.8, 4) is 0 Å². The van der Waals surface area contributed by atoms with Gasteiger partial charge in [-0.2, -0.15) is 9.61 Å². The number of nitrogens with zero attached hydrogens (tertiary/aromatic N) is 5. The summed E-state index contributed by atoms with van der Waals surface area (Å²) in [6.07, 6.45) is 4.16. The third kappa shape index (κ3) is 2.64. The van der Waals surface area contributed by atoms with Crippen molar-refractivity contribution >= 4 is 17.2 Å². The van der Waals surface area contributed by atoms with Gasteiger partial charge in [-0.15, -0.1) is 10.2 Å². The fraction of sp³-hybridized carbons (Fsp3) is 0.625. The molecule has 2 N–H and O–H groups in total. The molecule has 1 atom stereocenters. The molecule has 1 aliphatic rings. The second-order valence-electron chi connectivity index (χ2n) is 6.73. The van der Waals surface area contributed by atoms with Gasteiger partial charge in [0.2, 0.25) is 11.6 Å². The molecular weight excluding hydrogens is 292 g/mol. The highest BCUT2D eigenvalue weighted by Gasteiger charge is 2.39. The van der Waals surface area contributed by atoms with Crippen LogP contribution in [-0.2, 0) is 4.79 Å². The second kappa shape index (κ2) is 5.79. The van der Waals surface area contributed by atoms with Crippen molar-refractivity contribution in [2.45, 2.75) is 46.0 Å². The van der Waals surface area contributed by atoms with Crippen molar-refractivity contribution in [2.75, 3.05) is 18.0 Å². The van der Waals surface area contributed by atoms with Gasteiger partial charge in [0, 0.05) is 13.1 Å². The molecule has 2 aromatic heterocycles. The van der Waals surface area contributed by atoms with E-state index in [2.05, 4.69) is 40.1 Å². The lowest BCUT2D eigenvalue weighted by Gasteiger charge is -2.41. The van der Waals surface area contributed by atoms with Crippen LogP contribution in [0.3, 0.4) is 0 Å². The molecule has 0 aliphatic carbocycles. The maximum Gasteiger partial charge on any atom is 0.225 e. The molecule has 1 amide bonds. The summed E-state index contributed by atoms with van der Waals surface area (Å²) < 4.78 is 1.72. The summed E-state index contributed by atoms with van der Waals surface area (Å²) in [6, 6.07) is 2.07. The SMILES string of the molecule is CCC1(C(N)=O)CCCN(c2cc(C(C)C)nn3cnnc23)C1. The first-order valence-corrected chi connectivity index (χ1v) is 8.22. The molecule has 0 saturated carbocycles. The van der Waals surface area contributed by atoms with E-state index in [9.17, 15) is 4.79 Å². The molecule has 0 spiro atoms. The predicted molar refractivity (Wildman–Crippen MR) is 88.2 cm³/mol. The average Bonchev–Trinajstić information content (AvgIpc) is 3.02. The fourth-order valence-electron chi connectivity index (χ4n) is 3.35. The van der Waals surface area contributed by atoms with Crippen molar-refractivity contribution < 1.29 is 4.79 Å². The van der Waals surface area contributed by atoms with Gasteiger partial charge in [-0.1, -0.05) is 20.8 Å². The number of nitrogens with two attached hydrogens (primary N) is 1. The van der Waals surface area contributed by atoms with Crippen LogP contribution in [-0.4, -0.2) is 38.8 Å². The minimum absolute atomic E-state index is 0.208. The average molecular weight is 316 g/mol. The van der Waals surface area contributed by atoms with Crippen LogP contribution in [0.1, 0.15) is 51.6 Å². The Bertz CT molecular complexity index is 724. The van der Waals surface area contributed by atoms with Crippen LogP contribution in [0.4, 0.5) is 5.69 Å². The maximum atomic E-state index is 12.0. The van der Waals surface area contributed by atoms with Crippen LogP contribution in [0.2, 0.25) is 0 Å². The number of primary amides is 1. The third-order valence-electron chi connectivity index (χ3n) is 4.98. The van der Waals surface area contributed by atoms with Crippen LogP contribution in [0.25, 0.3) is 5.65 Å². The summed E-state index contributed by atoms with van der Waals surface area (Å²) >= 11 is 0. The van der Waals surface area contributed by atoms with Gasteiger partial charge in [0.25, 0.3) is 0 Å². The Morgan fingerprint density at radius 1 is 1.48 bits per heavy atom. The van der Waals surface area contributed by atoms with Crippen molar-refractivity contribution in [1.29, 1.82) is 0 Å². The summed E-state index contributed by atoms with van der Waals surface area (Å²) in [5.41, 5.74) is 7.95. The number of fused-ring (bicyclic) bond motifs is 1. The highest BCUT2D eigenvalue weighted by molar-refractivity contribution is 5.82. The Morgan fingerprint density at radius 3 is 2.91 bits per heavy atom. The topological polar surface area (TPSA) is 89.4 Å². The van der Waals surface area contributed by atoms with Gasteiger partial charge in [-0.05, 0) is 31.2 Å². The number of anilines is 1. The van der Waals surface area contributed by atoms with E-state index in [0.717, 1.165) is 42.8 Å². The minimum atomic E-state index is -0.462. The molecule has 3 heterocycles. The van der Waals surface area contributed by atoms with Crippen LogP contribution >= 0.6 is 0 Å². The van der Waals surface area contributed by atoms with Gasteiger partial charge in [-0.25, -0.2) is 0 Å². The van der Waals surface area contributed by atoms with E-state index in [0.29, 0.717) is 12.5 Å². The number of aromatic nitrogens is 4. The van der Waals surface area contributed by atoms with Crippen molar-refractivity contribution in [2.24, 2.45) is 11.1 Å². The number of carbonyl (C=O) groups is 1. The van der Waals surface area contributed by atoms with Crippen LogP contribution in [0.15, 0.2) is 12.4 Å². The Kier molecular flexibility index (Phi) is 3.95. The number of hydrogen-bond acceptors (Lipinski definition) is 5. The zero-order chi connectivity index (χ0) is 16.6. The second-order valence-corrected chi connectivity index (χ2v) is 6.73. The number of piperidine rings is 1. The monoisotopic (exact) mass is 316 g/mol. The largest absolute Gasteiger partial charge is 0.369 e. The van der Waals surface area contributed by atoms with E-state index < -0.39 is 5.41 Å². The zero-order valence-electron chi connectivity index (χ0n) is 14.0. The summed E-state index contributed by atoms with van der Waals surface area (Å²) in [6.45, 7) is 7.77. The van der Waals surface area contributed by atoms with Gasteiger partial charge < -0.3 is 10.6 Å². The van der Waals surface area contributed by atoms with Crippen molar-refractivity contribution in [3.05, 3.63) is 18.1 Å². The van der Waals surface area contributed by atoms with Crippen molar-refractivity contribution in [3.63, 3.8) is 0 Å². The molecule has 7 heteroatoms. The maximum absolute atomic E-state index is 12.0. The summed E-state index contributed by atoms with van der Waals surface area (Å²) in [4.78, 5) is 14.2. The van der Waals surface area contributed by atoms with E-state index in [1.807, 2.05) is 6.92 Å². The number of carbonyl (C=O) groups excluding carboxylic acids is 1. The lowest BCUT2D eigenvalue weighted by Crippen LogP contribution is -2.50. The number of hydrogen-bond donors (Lipinski definition) is 1. The van der Waals surface area contributed by atoms with Crippen molar-refractivity contribution in [1.82, 2.24) is 19.8 Å². The third-order valence-corrected chi connectivity index (χ3v) is 4.98. The fourth-order valence-corrected chi connectivity index (χ4v) is 3.35. The molecule has 0 radical (unpaired) electrons. The van der Waals surface area contributed by atoms with Gasteiger partial charge in [-0.3, -0.25) is 4.79 Å². The smallest absolute Gasteiger partial charge is 0.225 e. The Hall–Kier alpha value is -2.18. The number of rotatable bonds is 4. The molecule has 1 saturated heterocycles. The summed E-state index contributed by atoms with van der Waals surface area (Å²) in [7, 11) is 0. The van der Waals surface area contributed by atoms with Gasteiger partial charge in [0.05, 0.1) is 16.8 Å². The van der Waals surface area contributed by atoms with Gasteiger partial charge in [0.15, 0.2) is 0 Å². The van der Waals surface area contributed by atoms with E-state index in [1.54, 1.807) is 10.8 Å². The van der Waals surface area contributed by atoms with Crippen LogP contribution < -0.4 is 10.6 Å². The molecule has 1 aliphatic heterocycles. The normalized spacial score (nSPS) is 22.0. The molecule has 7 nitrogen and oxygen atoms in total. The molecule has 23 heavy (non-hydrogen) atoms. The quantitative estimate of drug-likeness (QED) is 0.928. The lowest BCUT2D eigenvalue weighted by atomic mass is 9.77. The summed E-state index contributed by atoms with van der Waals surface area (Å²) in [5.74, 6) is 0.0951. The predicted octanol–water partition coefficient (Wildman–Crippen LogP) is 1.73. The number of amides is 1. The van der Waals surface area contributed by atoms with Crippen LogP contribution in [0.5, 0.6) is 0 Å². The standard InChI is InChI=1S/C16H24N6O/c1-4-16(15(17)23)6-5-7-21(9-16)13-8-12(11(2)3)20-22-10-18-19-14(13)22/h8,10-11H,4-7,9H2,1-3H3,(H2,17,23). The van der Waals surface area contributed by atoms with E-state index in [-0.39, 0.29) is 5.91 Å². The first-order valence-electron chi connectivity index (χ1n) is 8.22. The first kappa shape index (κ1) is 15.7. The van der Waals surface area contributed by atoms with Crippen LogP contribution in [0, 0.1) is 5.41 Å². The van der Waals surface area contributed by atoms with E-state index in [4.69, 9.17) is 5.73 Å². The molecule has 3 rings (SSSR count). The molecule has 2 aromatic rings. The molecule has 124 valence electrons. The first-order chi connectivity index (χ1) is 11.0. The highest BCUT2D eigenvalue weighted by Crippen LogP contribution is 2.36. The van der Waals surface area contributed by atoms with Gasteiger partial charge in [0.1, 0.15) is 6.33 Å². The molecular formula is C16H24N6O. The molecule has 1 unspecified atom stereocenters. The highest BCUT2D eigenvalue weighted by atomic mass is 16.1. The molecule has 0 bridgehead atoms. The van der Waals surface area contributed by atoms with E-state index >= 15 is 0 Å². The molecule has 1 fully saturated rings.